The minimum Gasteiger partial charge on any atom is -0.353 e. The first-order valence-electron chi connectivity index (χ1n) is 10.1. The average Bonchev–Trinajstić information content (AvgIpc) is 3.10. The molecule has 0 aliphatic carbocycles. The van der Waals surface area contributed by atoms with Crippen LogP contribution in [0.2, 0.25) is 0 Å². The highest BCUT2D eigenvalue weighted by molar-refractivity contribution is 7.71. The molecule has 4 heterocycles. The average molecular weight is 421 g/mol. The molecule has 3 aromatic rings. The molecular formula is C21H24N8S. The van der Waals surface area contributed by atoms with Gasteiger partial charge in [-0.2, -0.15) is 10.4 Å². The molecule has 8 nitrogen and oxygen atoms in total. The number of aromatic nitrogens is 5. The van der Waals surface area contributed by atoms with E-state index < -0.39 is 0 Å². The summed E-state index contributed by atoms with van der Waals surface area (Å²) in [5.41, 5.74) is 1.64. The Labute approximate surface area is 181 Å². The molecule has 0 aromatic carbocycles. The molecule has 0 spiro atoms. The van der Waals surface area contributed by atoms with Crippen LogP contribution in [0.1, 0.15) is 18.9 Å². The van der Waals surface area contributed by atoms with Gasteiger partial charge >= 0.3 is 0 Å². The summed E-state index contributed by atoms with van der Waals surface area (Å²) in [7, 11) is 0. The summed E-state index contributed by atoms with van der Waals surface area (Å²) >= 11 is 5.74. The molecule has 1 fully saturated rings. The van der Waals surface area contributed by atoms with E-state index in [0.717, 1.165) is 61.1 Å². The minimum atomic E-state index is 0.619. The molecule has 4 rings (SSSR count). The summed E-state index contributed by atoms with van der Waals surface area (Å²) < 4.78 is 4.76. The fourth-order valence-corrected chi connectivity index (χ4v) is 3.98. The highest BCUT2D eigenvalue weighted by Crippen LogP contribution is 2.20. The van der Waals surface area contributed by atoms with Gasteiger partial charge in [0, 0.05) is 56.9 Å². The lowest BCUT2D eigenvalue weighted by molar-refractivity contribution is 0.194. The Morgan fingerprint density at radius 1 is 1.10 bits per heavy atom. The fraction of sp³-hybridized carbons (Fsp3) is 0.381. The SMILES string of the molecule is CCCn1c(-c2ccncc2)nn(CN2CCN(c3ncccc3C#N)CC2)c1=S. The summed E-state index contributed by atoms with van der Waals surface area (Å²) in [6.07, 6.45) is 6.28. The van der Waals surface area contributed by atoms with Crippen molar-refractivity contribution in [2.24, 2.45) is 0 Å². The molecular weight excluding hydrogens is 396 g/mol. The second-order valence-corrected chi connectivity index (χ2v) is 7.59. The zero-order valence-electron chi connectivity index (χ0n) is 17.0. The molecule has 3 aromatic heterocycles. The van der Waals surface area contributed by atoms with Gasteiger partial charge in [-0.15, -0.1) is 0 Å². The summed E-state index contributed by atoms with van der Waals surface area (Å²) in [6, 6.07) is 9.78. The number of pyridine rings is 2. The predicted octanol–water partition coefficient (Wildman–Crippen LogP) is 2.93. The van der Waals surface area contributed by atoms with Gasteiger partial charge in [0.15, 0.2) is 10.6 Å². The summed E-state index contributed by atoms with van der Waals surface area (Å²) in [6.45, 7) is 6.96. The number of hydrogen-bond acceptors (Lipinski definition) is 7. The Hall–Kier alpha value is -3.09. The van der Waals surface area contributed by atoms with Crippen molar-refractivity contribution in [2.45, 2.75) is 26.6 Å². The molecule has 1 saturated heterocycles. The van der Waals surface area contributed by atoms with Crippen LogP contribution in [0, 0.1) is 16.1 Å². The topological polar surface area (TPSA) is 78.8 Å². The molecule has 30 heavy (non-hydrogen) atoms. The van der Waals surface area contributed by atoms with Crippen molar-refractivity contribution in [3.8, 4) is 17.5 Å². The van der Waals surface area contributed by atoms with Gasteiger partial charge in [0.25, 0.3) is 0 Å². The highest BCUT2D eigenvalue weighted by Gasteiger charge is 2.21. The molecule has 9 heteroatoms. The summed E-state index contributed by atoms with van der Waals surface area (Å²) in [5.74, 6) is 1.65. The van der Waals surface area contributed by atoms with Crippen LogP contribution < -0.4 is 4.90 Å². The molecule has 0 atom stereocenters. The maximum atomic E-state index is 9.34. The first kappa shape index (κ1) is 20.2. The Kier molecular flexibility index (Phi) is 6.16. The maximum absolute atomic E-state index is 9.34. The molecule has 0 N–H and O–H groups in total. The quantitative estimate of drug-likeness (QED) is 0.567. The van der Waals surface area contributed by atoms with Crippen LogP contribution in [0.5, 0.6) is 0 Å². The first-order valence-corrected chi connectivity index (χ1v) is 10.5. The van der Waals surface area contributed by atoms with E-state index in [9.17, 15) is 5.26 Å². The van der Waals surface area contributed by atoms with E-state index in [2.05, 4.69) is 37.3 Å². The van der Waals surface area contributed by atoms with E-state index >= 15 is 0 Å². The standard InChI is InChI=1S/C21H24N8S/c1-2-10-28-20(17-5-8-23-9-6-17)25-29(21(28)30)16-26-11-13-27(14-12-26)19-18(15-22)4-3-7-24-19/h3-9H,2,10-14,16H2,1H3. The van der Waals surface area contributed by atoms with E-state index in [4.69, 9.17) is 17.3 Å². The van der Waals surface area contributed by atoms with E-state index in [-0.39, 0.29) is 0 Å². The van der Waals surface area contributed by atoms with Crippen molar-refractivity contribution in [1.82, 2.24) is 29.2 Å². The van der Waals surface area contributed by atoms with Crippen molar-refractivity contribution < 1.29 is 0 Å². The number of hydrogen-bond donors (Lipinski definition) is 0. The van der Waals surface area contributed by atoms with E-state index in [1.807, 2.05) is 22.9 Å². The zero-order chi connectivity index (χ0) is 20.9. The molecule has 154 valence electrons. The van der Waals surface area contributed by atoms with Crippen LogP contribution in [0.3, 0.4) is 0 Å². The Balaban J connectivity index is 1.49. The minimum absolute atomic E-state index is 0.619. The highest BCUT2D eigenvalue weighted by atomic mass is 32.1. The number of anilines is 1. The van der Waals surface area contributed by atoms with Gasteiger partial charge in [-0.3, -0.25) is 14.5 Å². The molecule has 0 radical (unpaired) electrons. The summed E-state index contributed by atoms with van der Waals surface area (Å²) in [5, 5.41) is 14.2. The van der Waals surface area contributed by atoms with Gasteiger partial charge in [-0.1, -0.05) is 6.92 Å². The smallest absolute Gasteiger partial charge is 0.199 e. The zero-order valence-corrected chi connectivity index (χ0v) is 17.8. The Morgan fingerprint density at radius 2 is 1.87 bits per heavy atom. The number of nitrogens with zero attached hydrogens (tertiary/aromatic N) is 8. The van der Waals surface area contributed by atoms with Gasteiger partial charge in [0.1, 0.15) is 11.9 Å². The van der Waals surface area contributed by atoms with Crippen molar-refractivity contribution in [1.29, 1.82) is 5.26 Å². The fourth-order valence-electron chi connectivity index (χ4n) is 3.70. The number of rotatable bonds is 6. The molecule has 1 aliphatic rings. The summed E-state index contributed by atoms with van der Waals surface area (Å²) in [4.78, 5) is 13.0. The second kappa shape index (κ2) is 9.15. The van der Waals surface area contributed by atoms with Crippen LogP contribution in [0.25, 0.3) is 11.4 Å². The third-order valence-electron chi connectivity index (χ3n) is 5.22. The van der Waals surface area contributed by atoms with Crippen molar-refractivity contribution in [3.05, 3.63) is 53.2 Å². The van der Waals surface area contributed by atoms with Crippen LogP contribution in [0.15, 0.2) is 42.9 Å². The second-order valence-electron chi connectivity index (χ2n) is 7.23. The van der Waals surface area contributed by atoms with Gasteiger partial charge in [-0.25, -0.2) is 9.67 Å². The van der Waals surface area contributed by atoms with Gasteiger partial charge in [-0.05, 0) is 42.9 Å². The Bertz CT molecular complexity index is 1090. The Morgan fingerprint density at radius 3 is 2.57 bits per heavy atom. The van der Waals surface area contributed by atoms with Gasteiger partial charge in [0.2, 0.25) is 0 Å². The number of nitriles is 1. The lowest BCUT2D eigenvalue weighted by Crippen LogP contribution is -2.47. The predicted molar refractivity (Wildman–Crippen MR) is 117 cm³/mol. The molecule has 1 aliphatic heterocycles. The van der Waals surface area contributed by atoms with Crippen LogP contribution in [-0.4, -0.2) is 55.4 Å². The van der Waals surface area contributed by atoms with Gasteiger partial charge in [0.05, 0.1) is 12.2 Å². The third-order valence-corrected chi connectivity index (χ3v) is 5.65. The molecule has 0 amide bonds. The molecule has 0 unspecified atom stereocenters. The van der Waals surface area contributed by atoms with Crippen molar-refractivity contribution in [2.75, 3.05) is 31.1 Å². The normalized spacial score (nSPS) is 14.6. The lowest BCUT2D eigenvalue weighted by atomic mass is 10.2. The monoisotopic (exact) mass is 420 g/mol. The van der Waals surface area contributed by atoms with Crippen LogP contribution in [-0.2, 0) is 13.2 Å². The first-order chi connectivity index (χ1) is 14.7. The van der Waals surface area contributed by atoms with Crippen molar-refractivity contribution >= 4 is 18.0 Å². The lowest BCUT2D eigenvalue weighted by Gasteiger charge is -2.35. The van der Waals surface area contributed by atoms with Crippen LogP contribution >= 0.6 is 12.2 Å². The molecule has 0 bridgehead atoms. The van der Waals surface area contributed by atoms with E-state index in [1.54, 1.807) is 24.7 Å². The van der Waals surface area contributed by atoms with E-state index in [0.29, 0.717) is 12.2 Å². The van der Waals surface area contributed by atoms with Crippen LogP contribution in [0.4, 0.5) is 5.82 Å². The van der Waals surface area contributed by atoms with Crippen molar-refractivity contribution in [3.63, 3.8) is 0 Å². The molecule has 0 saturated carbocycles. The third kappa shape index (κ3) is 4.10. The van der Waals surface area contributed by atoms with E-state index in [1.165, 1.54) is 0 Å². The van der Waals surface area contributed by atoms with Gasteiger partial charge < -0.3 is 4.90 Å². The maximum Gasteiger partial charge on any atom is 0.199 e. The largest absolute Gasteiger partial charge is 0.353 e. The number of piperazine rings is 1.